The van der Waals surface area contributed by atoms with Crippen LogP contribution in [-0.2, 0) is 0 Å². The summed E-state index contributed by atoms with van der Waals surface area (Å²) in [6.45, 7) is 3.47. The monoisotopic (exact) mass is 283 g/mol. The molecule has 4 heterocycles. The first-order valence-electron chi connectivity index (χ1n) is 6.43. The maximum atomic E-state index is 12.2. The lowest BCUT2D eigenvalue weighted by molar-refractivity contribution is 0.0622. The molecule has 1 N–H and O–H groups in total. The summed E-state index contributed by atoms with van der Waals surface area (Å²) in [4.78, 5) is 15.5. The zero-order valence-corrected chi connectivity index (χ0v) is 12.1. The fourth-order valence-corrected chi connectivity index (χ4v) is 4.37. The summed E-state index contributed by atoms with van der Waals surface area (Å²) < 4.78 is 1.20. The summed E-state index contributed by atoms with van der Waals surface area (Å²) in [5, 5.41) is 3.22. The number of carbonyl (C=O) groups excluding carboxylic acids is 1. The van der Waals surface area contributed by atoms with E-state index in [9.17, 15) is 4.79 Å². The van der Waals surface area contributed by atoms with Gasteiger partial charge in [-0.1, -0.05) is 0 Å². The fourth-order valence-electron chi connectivity index (χ4n) is 2.92. The largest absolute Gasteiger partial charge is 0.347 e. The topological polar surface area (TPSA) is 32.3 Å². The quantitative estimate of drug-likeness (QED) is 0.682. The van der Waals surface area contributed by atoms with E-state index >= 15 is 0 Å². The SMILES string of the molecule is CSc1ccc([13C](=O)N[C@H]2CN3CCC2CC3)s1. The molecule has 4 rings (SSSR count). The molecular weight excluding hydrogens is 265 g/mol. The minimum absolute atomic E-state index is 0.110. The predicted molar refractivity (Wildman–Crippen MR) is 76.5 cm³/mol. The Labute approximate surface area is 116 Å². The van der Waals surface area contributed by atoms with Crippen molar-refractivity contribution >= 4 is 29.0 Å². The number of amides is 1. The van der Waals surface area contributed by atoms with E-state index in [2.05, 4.69) is 10.2 Å². The second-order valence-corrected chi connectivity index (χ2v) is 7.23. The molecule has 3 aliphatic rings. The van der Waals surface area contributed by atoms with Gasteiger partial charge in [0.25, 0.3) is 5.91 Å². The highest BCUT2D eigenvalue weighted by Crippen LogP contribution is 2.29. The van der Waals surface area contributed by atoms with Gasteiger partial charge in [0.05, 0.1) is 9.09 Å². The van der Waals surface area contributed by atoms with Crippen LogP contribution in [0.25, 0.3) is 0 Å². The molecule has 18 heavy (non-hydrogen) atoms. The van der Waals surface area contributed by atoms with Crippen LogP contribution in [0.2, 0.25) is 0 Å². The molecule has 0 unspecified atom stereocenters. The zero-order valence-electron chi connectivity index (χ0n) is 10.5. The average molecular weight is 283 g/mol. The van der Waals surface area contributed by atoms with E-state index in [1.54, 1.807) is 23.1 Å². The smallest absolute Gasteiger partial charge is 0.261 e. The highest BCUT2D eigenvalue weighted by molar-refractivity contribution is 8.00. The second kappa shape index (κ2) is 5.23. The Hall–Kier alpha value is -0.520. The van der Waals surface area contributed by atoms with Crippen molar-refractivity contribution in [3.63, 3.8) is 0 Å². The molecule has 2 bridgehead atoms. The highest BCUT2D eigenvalue weighted by atomic mass is 32.2. The number of thioether (sulfide) groups is 1. The van der Waals surface area contributed by atoms with Crippen molar-refractivity contribution in [3.8, 4) is 0 Å². The van der Waals surface area contributed by atoms with Crippen LogP contribution in [0, 0.1) is 5.92 Å². The first-order chi connectivity index (χ1) is 8.76. The molecule has 1 aromatic heterocycles. The van der Waals surface area contributed by atoms with Crippen LogP contribution in [0.5, 0.6) is 0 Å². The molecule has 3 aliphatic heterocycles. The summed E-state index contributed by atoms with van der Waals surface area (Å²) in [6, 6.07) is 4.33. The van der Waals surface area contributed by atoms with Gasteiger partial charge in [-0.3, -0.25) is 4.79 Å². The third kappa shape index (κ3) is 2.44. The van der Waals surface area contributed by atoms with Crippen LogP contribution in [0.1, 0.15) is 22.5 Å². The van der Waals surface area contributed by atoms with Gasteiger partial charge >= 0.3 is 0 Å². The van der Waals surface area contributed by atoms with E-state index in [1.807, 2.05) is 18.4 Å². The van der Waals surface area contributed by atoms with Crippen molar-refractivity contribution in [2.24, 2.45) is 5.92 Å². The third-order valence-corrected chi connectivity index (χ3v) is 6.15. The molecule has 0 saturated carbocycles. The summed E-state index contributed by atoms with van der Waals surface area (Å²) in [5.41, 5.74) is 0. The molecule has 0 radical (unpaired) electrons. The van der Waals surface area contributed by atoms with Gasteiger partial charge in [-0.25, -0.2) is 0 Å². The van der Waals surface area contributed by atoms with Crippen LogP contribution in [0.4, 0.5) is 0 Å². The highest BCUT2D eigenvalue weighted by Gasteiger charge is 2.35. The average Bonchev–Trinajstić information content (AvgIpc) is 2.89. The Morgan fingerprint density at radius 2 is 2.22 bits per heavy atom. The maximum absolute atomic E-state index is 12.2. The normalized spacial score (nSPS) is 30.4. The van der Waals surface area contributed by atoms with Crippen molar-refractivity contribution in [3.05, 3.63) is 17.0 Å². The van der Waals surface area contributed by atoms with Crippen LogP contribution in [0.3, 0.4) is 0 Å². The molecule has 1 amide bonds. The van der Waals surface area contributed by atoms with Crippen molar-refractivity contribution < 1.29 is 4.79 Å². The van der Waals surface area contributed by atoms with Gasteiger partial charge in [-0.2, -0.15) is 0 Å². The van der Waals surface area contributed by atoms with E-state index in [-0.39, 0.29) is 5.91 Å². The van der Waals surface area contributed by atoms with Gasteiger partial charge in [0.15, 0.2) is 0 Å². The summed E-state index contributed by atoms with van der Waals surface area (Å²) >= 11 is 3.28. The Morgan fingerprint density at radius 1 is 1.44 bits per heavy atom. The molecule has 0 aromatic carbocycles. The summed E-state index contributed by atoms with van der Waals surface area (Å²) in [5.74, 6) is 0.804. The fraction of sp³-hybridized carbons (Fsp3) is 0.615. The number of carbonyl (C=O) groups is 1. The van der Waals surface area contributed by atoms with Crippen LogP contribution in [0.15, 0.2) is 16.3 Å². The number of hydrogen-bond donors (Lipinski definition) is 1. The van der Waals surface area contributed by atoms with E-state index in [0.717, 1.165) is 11.4 Å². The lowest BCUT2D eigenvalue weighted by atomic mass is 9.84. The Bertz CT molecular complexity index is 438. The number of piperidine rings is 3. The molecule has 3 saturated heterocycles. The lowest BCUT2D eigenvalue weighted by Gasteiger charge is -2.44. The number of thiophene rings is 1. The molecule has 0 spiro atoms. The van der Waals surface area contributed by atoms with Gasteiger partial charge in [0.2, 0.25) is 0 Å². The van der Waals surface area contributed by atoms with Gasteiger partial charge < -0.3 is 10.2 Å². The van der Waals surface area contributed by atoms with E-state index in [4.69, 9.17) is 0 Å². The molecule has 98 valence electrons. The summed E-state index contributed by atoms with van der Waals surface area (Å²) in [6.07, 6.45) is 4.53. The van der Waals surface area contributed by atoms with Crippen molar-refractivity contribution in [2.45, 2.75) is 23.1 Å². The van der Waals surface area contributed by atoms with E-state index in [0.29, 0.717) is 12.0 Å². The van der Waals surface area contributed by atoms with Gasteiger partial charge in [-0.05, 0) is 50.2 Å². The molecule has 1 atom stereocenters. The molecule has 3 nitrogen and oxygen atoms in total. The van der Waals surface area contributed by atoms with E-state index < -0.39 is 0 Å². The molecule has 3 fully saturated rings. The van der Waals surface area contributed by atoms with Crippen molar-refractivity contribution in [1.82, 2.24) is 10.2 Å². The second-order valence-electron chi connectivity index (χ2n) is 5.04. The number of nitrogens with one attached hydrogen (secondary N) is 1. The van der Waals surface area contributed by atoms with Crippen LogP contribution in [-0.4, -0.2) is 42.7 Å². The molecule has 5 heteroatoms. The van der Waals surface area contributed by atoms with Crippen molar-refractivity contribution in [1.29, 1.82) is 0 Å². The number of rotatable bonds is 3. The van der Waals surface area contributed by atoms with Crippen LogP contribution < -0.4 is 5.32 Å². The number of nitrogens with zero attached hydrogens (tertiary/aromatic N) is 1. The minimum Gasteiger partial charge on any atom is -0.347 e. The third-order valence-electron chi connectivity index (χ3n) is 3.98. The Kier molecular flexibility index (Phi) is 3.63. The van der Waals surface area contributed by atoms with E-state index in [1.165, 1.54) is 30.1 Å². The number of hydrogen-bond acceptors (Lipinski definition) is 4. The molecule has 1 aromatic rings. The van der Waals surface area contributed by atoms with Gasteiger partial charge in [0.1, 0.15) is 0 Å². The standard InChI is InChI=1S/C13H18N2OS2/c1-17-12-3-2-11(18-12)13(16)14-10-8-15-6-4-9(10)5-7-15/h2-3,9-10H,4-8H2,1H3,(H,14,16)/t10-/m0/s1/i13+1. The van der Waals surface area contributed by atoms with Gasteiger partial charge in [-0.15, -0.1) is 23.1 Å². The minimum atomic E-state index is 0.110. The first kappa shape index (κ1) is 12.5. The van der Waals surface area contributed by atoms with Crippen LogP contribution >= 0.6 is 23.1 Å². The number of fused-ring (bicyclic) bond motifs is 3. The lowest BCUT2D eigenvalue weighted by Crippen LogP contribution is -2.57. The maximum Gasteiger partial charge on any atom is 0.261 e. The van der Waals surface area contributed by atoms with Crippen molar-refractivity contribution in [2.75, 3.05) is 25.9 Å². The zero-order chi connectivity index (χ0) is 12.5. The predicted octanol–water partition coefficient (Wildman–Crippen LogP) is 2.29. The molecule has 0 aliphatic carbocycles. The Balaban J connectivity index is 1.64. The molecular formula is C13H18N2OS2. The van der Waals surface area contributed by atoms with Gasteiger partial charge in [0, 0.05) is 12.6 Å². The first-order valence-corrected chi connectivity index (χ1v) is 8.47. The Morgan fingerprint density at radius 3 is 2.78 bits per heavy atom. The summed E-state index contributed by atoms with van der Waals surface area (Å²) in [7, 11) is 0.